The monoisotopic (exact) mass is 483 g/mol. The van der Waals surface area contributed by atoms with E-state index in [9.17, 15) is 13.2 Å². The third kappa shape index (κ3) is 4.02. The van der Waals surface area contributed by atoms with E-state index < -0.39 is 23.4 Å². The molecule has 6 rings (SSSR count). The normalized spacial score (nSPS) is 25.9. The molecule has 7 nitrogen and oxygen atoms in total. The summed E-state index contributed by atoms with van der Waals surface area (Å²) in [4.78, 5) is 7.16. The highest BCUT2D eigenvalue weighted by molar-refractivity contribution is 5.46. The van der Waals surface area contributed by atoms with Crippen molar-refractivity contribution < 1.29 is 13.2 Å². The minimum Gasteiger partial charge on any atom is -0.369 e. The summed E-state index contributed by atoms with van der Waals surface area (Å²) in [6.07, 6.45) is 6.41. The zero-order valence-corrected chi connectivity index (χ0v) is 19.6. The van der Waals surface area contributed by atoms with Gasteiger partial charge in [-0.3, -0.25) is 0 Å². The van der Waals surface area contributed by atoms with E-state index in [1.807, 2.05) is 17.8 Å². The Morgan fingerprint density at radius 3 is 2.57 bits per heavy atom. The van der Waals surface area contributed by atoms with Gasteiger partial charge in [0.15, 0.2) is 17.5 Å². The molecule has 3 aromatic rings. The van der Waals surface area contributed by atoms with E-state index in [0.29, 0.717) is 36.6 Å². The third-order valence-corrected chi connectivity index (χ3v) is 7.82. The number of aromatic nitrogens is 5. The average Bonchev–Trinajstić information content (AvgIpc) is 3.25. The van der Waals surface area contributed by atoms with Crippen LogP contribution in [-0.4, -0.2) is 44.1 Å². The van der Waals surface area contributed by atoms with Crippen molar-refractivity contribution >= 4 is 11.6 Å². The van der Waals surface area contributed by atoms with Crippen LogP contribution in [0.4, 0.5) is 24.8 Å². The number of benzene rings is 1. The smallest absolute Gasteiger partial charge is 0.242 e. The number of nitrogens with zero attached hydrogens (tertiary/aromatic N) is 6. The van der Waals surface area contributed by atoms with Gasteiger partial charge in [-0.2, -0.15) is 15.2 Å². The molecule has 3 aliphatic rings. The molecule has 184 valence electrons. The van der Waals surface area contributed by atoms with Crippen LogP contribution in [0.5, 0.6) is 0 Å². The number of nitrogens with one attached hydrogen (secondary N) is 1. The van der Waals surface area contributed by atoms with Gasteiger partial charge in [0.1, 0.15) is 5.82 Å². The van der Waals surface area contributed by atoms with Crippen LogP contribution in [-0.2, 0) is 6.54 Å². The van der Waals surface area contributed by atoms with E-state index in [1.165, 1.54) is 6.07 Å². The number of fused-ring (bicyclic) bond motifs is 3. The largest absolute Gasteiger partial charge is 0.369 e. The van der Waals surface area contributed by atoms with Crippen molar-refractivity contribution in [3.8, 4) is 0 Å². The molecule has 0 radical (unpaired) electrons. The number of hydrogen-bond acceptors (Lipinski definition) is 6. The summed E-state index contributed by atoms with van der Waals surface area (Å²) < 4.78 is 44.0. The molecule has 1 aromatic carbocycles. The zero-order valence-electron chi connectivity index (χ0n) is 19.6. The van der Waals surface area contributed by atoms with Gasteiger partial charge in [-0.15, -0.1) is 5.10 Å². The van der Waals surface area contributed by atoms with Crippen molar-refractivity contribution in [1.82, 2.24) is 25.0 Å². The van der Waals surface area contributed by atoms with Gasteiger partial charge in [0.2, 0.25) is 5.95 Å². The molecule has 35 heavy (non-hydrogen) atoms. The van der Waals surface area contributed by atoms with Gasteiger partial charge in [-0.05, 0) is 56.6 Å². The Balaban J connectivity index is 1.24. The summed E-state index contributed by atoms with van der Waals surface area (Å²) in [5.41, 5.74) is 2.16. The Labute approximate surface area is 201 Å². The van der Waals surface area contributed by atoms with E-state index in [-0.39, 0.29) is 11.6 Å². The van der Waals surface area contributed by atoms with Crippen molar-refractivity contribution in [3.05, 3.63) is 58.9 Å². The second-order valence-electron chi connectivity index (χ2n) is 10.1. The summed E-state index contributed by atoms with van der Waals surface area (Å²) in [5.74, 6) is -2.16. The van der Waals surface area contributed by atoms with Gasteiger partial charge >= 0.3 is 0 Å². The van der Waals surface area contributed by atoms with Crippen molar-refractivity contribution in [3.63, 3.8) is 0 Å². The first kappa shape index (κ1) is 22.3. The van der Waals surface area contributed by atoms with Gasteiger partial charge in [0, 0.05) is 37.2 Å². The van der Waals surface area contributed by atoms with E-state index in [1.54, 1.807) is 0 Å². The van der Waals surface area contributed by atoms with Crippen LogP contribution < -0.4 is 10.2 Å². The average molecular weight is 484 g/mol. The van der Waals surface area contributed by atoms with Gasteiger partial charge in [0.25, 0.3) is 0 Å². The second kappa shape index (κ2) is 8.80. The standard InChI is InChI=1S/C25H28F3N7/c1-14-10-17(11-29-32-14)34-12-15-5-6-16(13-34)23(15)30-25-31-24-19(4-2-3-9-35(24)33-25)18-7-8-20(26)22(28)21(18)27/h7-8,10-11,15-16,19,23H,2-6,9,12-13H2,1H3,(H,30,33)/t15-,16+,19-,23?/m1/s1. The molecule has 2 fully saturated rings. The van der Waals surface area contributed by atoms with Crippen LogP contribution in [0.3, 0.4) is 0 Å². The summed E-state index contributed by atoms with van der Waals surface area (Å²) >= 11 is 0. The summed E-state index contributed by atoms with van der Waals surface area (Å²) in [6.45, 7) is 4.48. The molecule has 4 heterocycles. The van der Waals surface area contributed by atoms with E-state index in [2.05, 4.69) is 26.5 Å². The minimum absolute atomic E-state index is 0.139. The van der Waals surface area contributed by atoms with Crippen LogP contribution in [0.25, 0.3) is 0 Å². The molecule has 1 N–H and O–H groups in total. The van der Waals surface area contributed by atoms with E-state index in [4.69, 9.17) is 10.1 Å². The third-order valence-electron chi connectivity index (χ3n) is 7.82. The van der Waals surface area contributed by atoms with Crippen LogP contribution >= 0.6 is 0 Å². The molecule has 1 aliphatic carbocycles. The number of piperidine rings is 1. The molecule has 0 spiro atoms. The van der Waals surface area contributed by atoms with Crippen molar-refractivity contribution in [1.29, 1.82) is 0 Å². The molecule has 0 amide bonds. The highest BCUT2D eigenvalue weighted by Gasteiger charge is 2.43. The first-order chi connectivity index (χ1) is 17.0. The lowest BCUT2D eigenvalue weighted by Crippen LogP contribution is -2.48. The lowest BCUT2D eigenvalue weighted by molar-refractivity contribution is 0.376. The molecule has 2 bridgehead atoms. The lowest BCUT2D eigenvalue weighted by atomic mass is 9.92. The lowest BCUT2D eigenvalue weighted by Gasteiger charge is -2.39. The fraction of sp³-hybridized carbons (Fsp3) is 0.520. The van der Waals surface area contributed by atoms with E-state index in [0.717, 1.165) is 56.2 Å². The molecule has 10 heteroatoms. The van der Waals surface area contributed by atoms with Crippen molar-refractivity contribution in [2.24, 2.45) is 11.8 Å². The molecule has 1 saturated heterocycles. The Morgan fingerprint density at radius 1 is 1.00 bits per heavy atom. The van der Waals surface area contributed by atoms with Crippen LogP contribution in [0.1, 0.15) is 55.1 Å². The van der Waals surface area contributed by atoms with Gasteiger partial charge in [-0.25, -0.2) is 17.9 Å². The van der Waals surface area contributed by atoms with Crippen molar-refractivity contribution in [2.45, 2.75) is 57.5 Å². The summed E-state index contributed by atoms with van der Waals surface area (Å²) in [7, 11) is 0. The molecule has 1 saturated carbocycles. The Hall–Kier alpha value is -3.17. The topological polar surface area (TPSA) is 71.8 Å². The SMILES string of the molecule is Cc1cc(N2C[C@H]3CC[C@@H](C2)C3Nc2nc3n(n2)CCCC[C@@H]3c2ccc(F)c(F)c2F)cnn1. The fourth-order valence-corrected chi connectivity index (χ4v) is 6.13. The Kier molecular flexibility index (Phi) is 5.61. The predicted molar refractivity (Wildman–Crippen MR) is 125 cm³/mol. The van der Waals surface area contributed by atoms with Crippen LogP contribution in [0.15, 0.2) is 24.4 Å². The first-order valence-electron chi connectivity index (χ1n) is 12.4. The maximum Gasteiger partial charge on any atom is 0.242 e. The van der Waals surface area contributed by atoms with Crippen LogP contribution in [0.2, 0.25) is 0 Å². The molecule has 2 aromatic heterocycles. The van der Waals surface area contributed by atoms with Crippen molar-refractivity contribution in [2.75, 3.05) is 23.3 Å². The molecule has 4 atom stereocenters. The van der Waals surface area contributed by atoms with Gasteiger partial charge < -0.3 is 10.2 Å². The number of halogens is 3. The van der Waals surface area contributed by atoms with Gasteiger partial charge in [0.05, 0.1) is 17.6 Å². The minimum atomic E-state index is -1.43. The number of anilines is 2. The Bertz CT molecular complexity index is 1230. The number of rotatable bonds is 4. The second-order valence-corrected chi connectivity index (χ2v) is 10.1. The Morgan fingerprint density at radius 2 is 1.80 bits per heavy atom. The molecular formula is C25H28F3N7. The highest BCUT2D eigenvalue weighted by Crippen LogP contribution is 2.40. The van der Waals surface area contributed by atoms with E-state index >= 15 is 0 Å². The molecule has 1 unspecified atom stereocenters. The first-order valence-corrected chi connectivity index (χ1v) is 12.4. The zero-order chi connectivity index (χ0) is 24.1. The predicted octanol–water partition coefficient (Wildman–Crippen LogP) is 4.44. The summed E-state index contributed by atoms with van der Waals surface area (Å²) in [6, 6.07) is 4.66. The van der Waals surface area contributed by atoms with Crippen LogP contribution in [0, 0.1) is 36.2 Å². The number of hydrogen-bond donors (Lipinski definition) is 1. The maximum atomic E-state index is 14.7. The fourth-order valence-electron chi connectivity index (χ4n) is 6.13. The number of aryl methyl sites for hydroxylation is 2. The molecular weight excluding hydrogens is 455 g/mol. The molecule has 2 aliphatic heterocycles. The van der Waals surface area contributed by atoms with Gasteiger partial charge in [-0.1, -0.05) is 12.5 Å². The summed E-state index contributed by atoms with van der Waals surface area (Å²) in [5, 5.41) is 16.5. The highest BCUT2D eigenvalue weighted by atomic mass is 19.2. The quantitative estimate of drug-likeness (QED) is 0.554. The maximum absolute atomic E-state index is 14.7.